The molecule has 8 heteroatoms. The van der Waals surface area contributed by atoms with Crippen molar-refractivity contribution in [3.8, 4) is 0 Å². The first-order valence-electron chi connectivity index (χ1n) is 11.5. The standard InChI is InChI=1S/C27H31N3O4S/c1-4-25(27(32)28-3)29(19-22-11-7-5-8-12-22)26(31)20-30(23-17-15-21(2)16-18-23)35(33,34)24-13-9-6-10-14-24/h5-18,25H,4,19-20H2,1-3H3,(H,28,32)/t25-/m0/s1. The Labute approximate surface area is 207 Å². The number of carbonyl (C=O) groups is 2. The molecule has 0 fully saturated rings. The number of nitrogens with one attached hydrogen (secondary N) is 1. The summed E-state index contributed by atoms with van der Waals surface area (Å²) in [4.78, 5) is 27.9. The molecule has 0 spiro atoms. The number of sulfonamides is 1. The van der Waals surface area contributed by atoms with Crippen molar-refractivity contribution in [2.24, 2.45) is 0 Å². The summed E-state index contributed by atoms with van der Waals surface area (Å²) in [5, 5.41) is 2.62. The minimum atomic E-state index is -4.04. The fraction of sp³-hybridized carbons (Fsp3) is 0.259. The second-order valence-corrected chi connectivity index (χ2v) is 10.1. The van der Waals surface area contributed by atoms with Crippen LogP contribution in [0.25, 0.3) is 0 Å². The van der Waals surface area contributed by atoms with E-state index in [9.17, 15) is 18.0 Å². The van der Waals surface area contributed by atoms with Gasteiger partial charge in [-0.3, -0.25) is 13.9 Å². The Balaban J connectivity index is 2.03. The van der Waals surface area contributed by atoms with Crippen LogP contribution in [0.5, 0.6) is 0 Å². The predicted molar refractivity (Wildman–Crippen MR) is 137 cm³/mol. The molecule has 0 aliphatic carbocycles. The SMILES string of the molecule is CC[C@@H](C(=O)NC)N(Cc1ccccc1)C(=O)CN(c1ccc(C)cc1)S(=O)(=O)c1ccccc1. The lowest BCUT2D eigenvalue weighted by molar-refractivity contribution is -0.140. The first-order chi connectivity index (χ1) is 16.8. The third-order valence-electron chi connectivity index (χ3n) is 5.76. The zero-order valence-corrected chi connectivity index (χ0v) is 21.0. The zero-order chi connectivity index (χ0) is 25.4. The third kappa shape index (κ3) is 6.27. The molecule has 184 valence electrons. The molecule has 1 atom stereocenters. The summed E-state index contributed by atoms with van der Waals surface area (Å²) in [6.45, 7) is 3.46. The van der Waals surface area contributed by atoms with Crippen molar-refractivity contribution in [3.63, 3.8) is 0 Å². The van der Waals surface area contributed by atoms with Gasteiger partial charge in [-0.15, -0.1) is 0 Å². The van der Waals surface area contributed by atoms with Crippen molar-refractivity contribution in [2.75, 3.05) is 17.9 Å². The molecule has 0 heterocycles. The topological polar surface area (TPSA) is 86.8 Å². The lowest BCUT2D eigenvalue weighted by Crippen LogP contribution is -2.51. The highest BCUT2D eigenvalue weighted by Gasteiger charge is 2.33. The second-order valence-electron chi connectivity index (χ2n) is 8.21. The largest absolute Gasteiger partial charge is 0.357 e. The summed E-state index contributed by atoms with van der Waals surface area (Å²) in [7, 11) is -2.52. The molecule has 0 radical (unpaired) electrons. The number of likely N-dealkylation sites (N-methyl/N-ethyl adjacent to an activating group) is 1. The van der Waals surface area contributed by atoms with Crippen LogP contribution in [0.1, 0.15) is 24.5 Å². The minimum absolute atomic E-state index is 0.0846. The van der Waals surface area contributed by atoms with Gasteiger partial charge in [-0.2, -0.15) is 0 Å². The van der Waals surface area contributed by atoms with Crippen LogP contribution in [0.4, 0.5) is 5.69 Å². The number of nitrogens with zero attached hydrogens (tertiary/aromatic N) is 2. The maximum absolute atomic E-state index is 13.7. The molecule has 3 aromatic carbocycles. The molecule has 7 nitrogen and oxygen atoms in total. The molecular weight excluding hydrogens is 462 g/mol. The number of rotatable bonds is 10. The van der Waals surface area contributed by atoms with Gasteiger partial charge in [0.1, 0.15) is 12.6 Å². The van der Waals surface area contributed by atoms with Crippen molar-refractivity contribution in [2.45, 2.75) is 37.8 Å². The number of aryl methyl sites for hydroxylation is 1. The van der Waals surface area contributed by atoms with Crippen molar-refractivity contribution in [1.29, 1.82) is 0 Å². The van der Waals surface area contributed by atoms with E-state index in [1.54, 1.807) is 42.5 Å². The molecule has 1 N–H and O–H groups in total. The fourth-order valence-corrected chi connectivity index (χ4v) is 5.26. The molecule has 0 unspecified atom stereocenters. The van der Waals surface area contributed by atoms with Crippen molar-refractivity contribution < 1.29 is 18.0 Å². The number of amides is 2. The summed E-state index contributed by atoms with van der Waals surface area (Å²) in [6.07, 6.45) is 0.383. The molecule has 0 bridgehead atoms. The Kier molecular flexibility index (Phi) is 8.65. The molecule has 35 heavy (non-hydrogen) atoms. The molecule has 0 saturated heterocycles. The lowest BCUT2D eigenvalue weighted by atomic mass is 10.1. The lowest BCUT2D eigenvalue weighted by Gasteiger charge is -2.33. The summed E-state index contributed by atoms with van der Waals surface area (Å²) in [5.74, 6) is -0.769. The van der Waals surface area contributed by atoms with E-state index >= 15 is 0 Å². The molecular formula is C27H31N3O4S. The van der Waals surface area contributed by atoms with E-state index in [0.29, 0.717) is 12.1 Å². The molecule has 0 aromatic heterocycles. The van der Waals surface area contributed by atoms with E-state index in [2.05, 4.69) is 5.32 Å². The summed E-state index contributed by atoms with van der Waals surface area (Å²) < 4.78 is 28.4. The summed E-state index contributed by atoms with van der Waals surface area (Å²) in [5.41, 5.74) is 2.19. The first-order valence-corrected chi connectivity index (χ1v) is 12.9. The number of carbonyl (C=O) groups excluding carboxylic acids is 2. The summed E-state index contributed by atoms with van der Waals surface area (Å²) in [6, 6.07) is 23.6. The van der Waals surface area contributed by atoms with Crippen LogP contribution in [0.2, 0.25) is 0 Å². The van der Waals surface area contributed by atoms with Crippen molar-refractivity contribution in [1.82, 2.24) is 10.2 Å². The highest BCUT2D eigenvalue weighted by molar-refractivity contribution is 7.92. The molecule has 0 saturated carbocycles. The Hall–Kier alpha value is -3.65. The van der Waals surface area contributed by atoms with Gasteiger partial charge in [0.25, 0.3) is 10.0 Å². The van der Waals surface area contributed by atoms with Gasteiger partial charge < -0.3 is 10.2 Å². The zero-order valence-electron chi connectivity index (χ0n) is 20.2. The van der Waals surface area contributed by atoms with Crippen LogP contribution in [-0.2, 0) is 26.2 Å². The van der Waals surface area contributed by atoms with E-state index in [-0.39, 0.29) is 17.3 Å². The number of hydrogen-bond donors (Lipinski definition) is 1. The Morgan fingerprint density at radius 1 is 0.886 bits per heavy atom. The average Bonchev–Trinajstić information content (AvgIpc) is 2.88. The highest BCUT2D eigenvalue weighted by atomic mass is 32.2. The van der Waals surface area contributed by atoms with Gasteiger partial charge in [0.05, 0.1) is 10.6 Å². The van der Waals surface area contributed by atoms with Crippen LogP contribution in [0.15, 0.2) is 89.8 Å². The van der Waals surface area contributed by atoms with E-state index in [1.165, 1.54) is 24.1 Å². The normalized spacial score (nSPS) is 12.0. The number of anilines is 1. The Bertz CT molecular complexity index is 1230. The number of hydrogen-bond acceptors (Lipinski definition) is 4. The van der Waals surface area contributed by atoms with Crippen LogP contribution in [0.3, 0.4) is 0 Å². The Morgan fingerprint density at radius 2 is 1.46 bits per heavy atom. The van der Waals surface area contributed by atoms with E-state index in [0.717, 1.165) is 15.4 Å². The van der Waals surface area contributed by atoms with E-state index in [4.69, 9.17) is 0 Å². The van der Waals surface area contributed by atoms with E-state index < -0.39 is 28.5 Å². The van der Waals surface area contributed by atoms with Crippen LogP contribution in [0, 0.1) is 6.92 Å². The quantitative estimate of drug-likeness (QED) is 0.466. The monoisotopic (exact) mass is 493 g/mol. The summed E-state index contributed by atoms with van der Waals surface area (Å²) >= 11 is 0. The van der Waals surface area contributed by atoms with Gasteiger partial charge in [0.2, 0.25) is 11.8 Å². The van der Waals surface area contributed by atoms with Crippen molar-refractivity contribution >= 4 is 27.5 Å². The maximum atomic E-state index is 13.7. The van der Waals surface area contributed by atoms with Gasteiger partial charge in [-0.1, -0.05) is 73.2 Å². The average molecular weight is 494 g/mol. The molecule has 3 rings (SSSR count). The predicted octanol–water partition coefficient (Wildman–Crippen LogP) is 3.74. The fourth-order valence-electron chi connectivity index (χ4n) is 3.83. The van der Waals surface area contributed by atoms with E-state index in [1.807, 2.05) is 44.2 Å². The maximum Gasteiger partial charge on any atom is 0.264 e. The highest BCUT2D eigenvalue weighted by Crippen LogP contribution is 2.25. The van der Waals surface area contributed by atoms with Crippen LogP contribution in [-0.4, -0.2) is 44.8 Å². The smallest absolute Gasteiger partial charge is 0.264 e. The molecule has 2 amide bonds. The first kappa shape index (κ1) is 26.0. The van der Waals surface area contributed by atoms with Crippen LogP contribution >= 0.6 is 0 Å². The van der Waals surface area contributed by atoms with Crippen LogP contribution < -0.4 is 9.62 Å². The van der Waals surface area contributed by atoms with Gasteiger partial charge in [0, 0.05) is 13.6 Å². The molecule has 0 aliphatic rings. The van der Waals surface area contributed by atoms with Gasteiger partial charge >= 0.3 is 0 Å². The molecule has 0 aliphatic heterocycles. The third-order valence-corrected chi connectivity index (χ3v) is 7.55. The molecule has 3 aromatic rings. The van der Waals surface area contributed by atoms with Gasteiger partial charge in [-0.25, -0.2) is 8.42 Å². The second kappa shape index (κ2) is 11.7. The minimum Gasteiger partial charge on any atom is -0.357 e. The Morgan fingerprint density at radius 3 is 2.00 bits per heavy atom. The number of benzene rings is 3. The van der Waals surface area contributed by atoms with Crippen molar-refractivity contribution in [3.05, 3.63) is 96.1 Å². The van der Waals surface area contributed by atoms with Gasteiger partial charge in [0.15, 0.2) is 0 Å². The van der Waals surface area contributed by atoms with Gasteiger partial charge in [-0.05, 0) is 43.2 Å².